The predicted octanol–water partition coefficient (Wildman–Crippen LogP) is 3.68. The molecule has 0 amide bonds. The minimum Gasteiger partial charge on any atom is -0.382 e. The molecule has 0 atom stereocenters. The smallest absolute Gasteiger partial charge is 0.250 e. The number of rotatable bonds is 3. The first kappa shape index (κ1) is 15.5. The van der Waals surface area contributed by atoms with E-state index in [2.05, 4.69) is 10.2 Å². The van der Waals surface area contributed by atoms with E-state index in [0.29, 0.717) is 17.4 Å². The number of benzene rings is 2. The number of nitrogens with two attached hydrogens (primary N) is 1. The molecular weight excluding hydrogens is 336 g/mol. The average Bonchev–Trinajstić information content (AvgIpc) is 2.97. The summed E-state index contributed by atoms with van der Waals surface area (Å²) in [4.78, 5) is 12.2. The topological polar surface area (TPSA) is 76.7 Å². The summed E-state index contributed by atoms with van der Waals surface area (Å²) in [6.45, 7) is 0.465. The average molecular weight is 351 g/mol. The Morgan fingerprint density at radius 1 is 1.08 bits per heavy atom. The van der Waals surface area contributed by atoms with E-state index >= 15 is 0 Å². The monoisotopic (exact) mass is 350 g/mol. The van der Waals surface area contributed by atoms with E-state index < -0.39 is 0 Å². The van der Waals surface area contributed by atoms with Gasteiger partial charge in [-0.3, -0.25) is 9.89 Å². The van der Waals surface area contributed by atoms with Crippen molar-refractivity contribution in [2.24, 2.45) is 0 Å². The number of hydrogen-bond donors (Lipinski definition) is 2. The van der Waals surface area contributed by atoms with Crippen molar-refractivity contribution in [3.63, 3.8) is 0 Å². The molecule has 0 aliphatic heterocycles. The molecule has 4 rings (SSSR count). The van der Waals surface area contributed by atoms with Gasteiger partial charge in [0.15, 0.2) is 5.82 Å². The number of fused-ring (bicyclic) bond motifs is 1. The SMILES string of the molecule is Nc1n[nH]c2cc(-c3ccc(=O)n(Cc4cccc(Cl)c4)c3)ccc12. The van der Waals surface area contributed by atoms with Crippen LogP contribution in [-0.2, 0) is 6.54 Å². The predicted molar refractivity (Wildman–Crippen MR) is 101 cm³/mol. The maximum Gasteiger partial charge on any atom is 0.250 e. The van der Waals surface area contributed by atoms with E-state index in [1.54, 1.807) is 10.6 Å². The molecule has 0 saturated carbocycles. The first-order valence-corrected chi connectivity index (χ1v) is 8.17. The van der Waals surface area contributed by atoms with Crippen LogP contribution in [0.4, 0.5) is 5.82 Å². The molecule has 124 valence electrons. The number of aromatic nitrogens is 3. The van der Waals surface area contributed by atoms with Gasteiger partial charge in [0.05, 0.1) is 12.1 Å². The molecule has 4 aromatic rings. The lowest BCUT2D eigenvalue weighted by atomic mass is 10.1. The summed E-state index contributed by atoms with van der Waals surface area (Å²) in [7, 11) is 0. The molecule has 2 heterocycles. The summed E-state index contributed by atoms with van der Waals surface area (Å²) in [6, 6.07) is 16.8. The highest BCUT2D eigenvalue weighted by Gasteiger charge is 2.07. The highest BCUT2D eigenvalue weighted by atomic mass is 35.5. The highest BCUT2D eigenvalue weighted by molar-refractivity contribution is 6.30. The van der Waals surface area contributed by atoms with Gasteiger partial charge in [-0.1, -0.05) is 29.8 Å². The van der Waals surface area contributed by atoms with E-state index in [-0.39, 0.29) is 5.56 Å². The standard InChI is InChI=1S/C19H15ClN4O/c20-15-3-1-2-12(8-15)10-24-11-14(5-7-18(24)25)13-4-6-16-17(9-13)22-23-19(16)21/h1-9,11H,10H2,(H3,21,22,23). The van der Waals surface area contributed by atoms with Crippen molar-refractivity contribution in [1.29, 1.82) is 0 Å². The van der Waals surface area contributed by atoms with Crippen molar-refractivity contribution in [2.45, 2.75) is 6.54 Å². The summed E-state index contributed by atoms with van der Waals surface area (Å²) in [5, 5.41) is 8.46. The number of nitrogens with zero attached hydrogens (tertiary/aromatic N) is 2. The molecule has 0 aliphatic carbocycles. The normalized spacial score (nSPS) is 11.1. The number of aromatic amines is 1. The molecule has 3 N–H and O–H groups in total. The molecule has 2 aromatic heterocycles. The van der Waals surface area contributed by atoms with Crippen LogP contribution in [0.2, 0.25) is 5.02 Å². The maximum absolute atomic E-state index is 12.2. The minimum absolute atomic E-state index is 0.0596. The zero-order chi connectivity index (χ0) is 17.4. The zero-order valence-electron chi connectivity index (χ0n) is 13.2. The Morgan fingerprint density at radius 3 is 2.76 bits per heavy atom. The van der Waals surface area contributed by atoms with Gasteiger partial charge in [0.2, 0.25) is 0 Å². The number of halogens is 1. The van der Waals surface area contributed by atoms with Gasteiger partial charge in [0, 0.05) is 22.7 Å². The molecular formula is C19H15ClN4O. The third-order valence-corrected chi connectivity index (χ3v) is 4.39. The van der Waals surface area contributed by atoms with E-state index in [0.717, 1.165) is 27.6 Å². The van der Waals surface area contributed by atoms with Crippen LogP contribution in [0, 0.1) is 0 Å². The van der Waals surface area contributed by atoms with Gasteiger partial charge in [-0.05, 0) is 47.0 Å². The van der Waals surface area contributed by atoms with Crippen molar-refractivity contribution in [2.75, 3.05) is 5.73 Å². The van der Waals surface area contributed by atoms with Crippen LogP contribution >= 0.6 is 11.6 Å². The summed E-state index contributed by atoms with van der Waals surface area (Å²) in [5.41, 5.74) is 9.51. The fourth-order valence-corrected chi connectivity index (χ4v) is 3.09. The summed E-state index contributed by atoms with van der Waals surface area (Å²) >= 11 is 6.03. The number of H-pyrrole nitrogens is 1. The zero-order valence-corrected chi connectivity index (χ0v) is 14.0. The number of nitrogen functional groups attached to an aromatic ring is 1. The lowest BCUT2D eigenvalue weighted by molar-refractivity contribution is 0.761. The van der Waals surface area contributed by atoms with Gasteiger partial charge in [-0.25, -0.2) is 0 Å². The first-order chi connectivity index (χ1) is 12.1. The number of hydrogen-bond acceptors (Lipinski definition) is 3. The lowest BCUT2D eigenvalue weighted by Crippen LogP contribution is -2.19. The Bertz CT molecular complexity index is 1130. The Labute approximate surface area is 148 Å². The molecule has 2 aromatic carbocycles. The van der Waals surface area contributed by atoms with Gasteiger partial charge in [-0.15, -0.1) is 0 Å². The molecule has 0 fully saturated rings. The first-order valence-electron chi connectivity index (χ1n) is 7.79. The Morgan fingerprint density at radius 2 is 1.92 bits per heavy atom. The van der Waals surface area contributed by atoms with Crippen molar-refractivity contribution < 1.29 is 0 Å². The van der Waals surface area contributed by atoms with Gasteiger partial charge in [0.25, 0.3) is 5.56 Å². The highest BCUT2D eigenvalue weighted by Crippen LogP contribution is 2.25. The third-order valence-electron chi connectivity index (χ3n) is 4.15. The van der Waals surface area contributed by atoms with E-state index in [1.807, 2.05) is 54.7 Å². The molecule has 6 heteroatoms. The second-order valence-electron chi connectivity index (χ2n) is 5.88. The molecule has 0 aliphatic rings. The van der Waals surface area contributed by atoms with Crippen LogP contribution in [0.1, 0.15) is 5.56 Å². The van der Waals surface area contributed by atoms with Crippen LogP contribution < -0.4 is 11.3 Å². The van der Waals surface area contributed by atoms with Gasteiger partial charge >= 0.3 is 0 Å². The fraction of sp³-hybridized carbons (Fsp3) is 0.0526. The Balaban J connectivity index is 1.74. The van der Waals surface area contributed by atoms with E-state index in [4.69, 9.17) is 17.3 Å². The number of anilines is 1. The third kappa shape index (κ3) is 3.02. The second kappa shape index (κ2) is 6.11. The molecule has 25 heavy (non-hydrogen) atoms. The van der Waals surface area contributed by atoms with Crippen molar-refractivity contribution in [1.82, 2.24) is 14.8 Å². The summed E-state index contributed by atoms with van der Waals surface area (Å²) in [6.07, 6.45) is 1.85. The van der Waals surface area contributed by atoms with Gasteiger partial charge in [0.1, 0.15) is 0 Å². The summed E-state index contributed by atoms with van der Waals surface area (Å²) in [5.74, 6) is 0.479. The van der Waals surface area contributed by atoms with Crippen LogP contribution in [-0.4, -0.2) is 14.8 Å². The lowest BCUT2D eigenvalue weighted by Gasteiger charge is -2.09. The van der Waals surface area contributed by atoms with Crippen LogP contribution in [0.5, 0.6) is 0 Å². The van der Waals surface area contributed by atoms with Crippen molar-refractivity contribution in [3.8, 4) is 11.1 Å². The summed E-state index contributed by atoms with van der Waals surface area (Å²) < 4.78 is 1.67. The number of pyridine rings is 1. The van der Waals surface area contributed by atoms with Gasteiger partial charge < -0.3 is 10.3 Å². The quantitative estimate of drug-likeness (QED) is 0.591. The maximum atomic E-state index is 12.2. The fourth-order valence-electron chi connectivity index (χ4n) is 2.88. The number of nitrogens with one attached hydrogen (secondary N) is 1. The van der Waals surface area contributed by atoms with Gasteiger partial charge in [-0.2, -0.15) is 5.10 Å². The van der Waals surface area contributed by atoms with Crippen molar-refractivity contribution in [3.05, 3.63) is 81.7 Å². The molecule has 0 radical (unpaired) electrons. The van der Waals surface area contributed by atoms with Crippen LogP contribution in [0.15, 0.2) is 65.6 Å². The second-order valence-corrected chi connectivity index (χ2v) is 6.32. The molecule has 0 saturated heterocycles. The molecule has 5 nitrogen and oxygen atoms in total. The van der Waals surface area contributed by atoms with E-state index in [1.165, 1.54) is 0 Å². The molecule has 0 unspecified atom stereocenters. The van der Waals surface area contributed by atoms with E-state index in [9.17, 15) is 4.79 Å². The molecule has 0 spiro atoms. The van der Waals surface area contributed by atoms with Crippen LogP contribution in [0.3, 0.4) is 0 Å². The van der Waals surface area contributed by atoms with Crippen molar-refractivity contribution >= 4 is 28.3 Å². The molecule has 0 bridgehead atoms. The Hall–Kier alpha value is -3.05. The largest absolute Gasteiger partial charge is 0.382 e. The van der Waals surface area contributed by atoms with Crippen LogP contribution in [0.25, 0.3) is 22.0 Å². The minimum atomic E-state index is -0.0596. The Kier molecular flexibility index (Phi) is 3.78.